The molecule has 4 heteroatoms. The summed E-state index contributed by atoms with van der Waals surface area (Å²) in [6.07, 6.45) is 6.38. The first-order valence-electron chi connectivity index (χ1n) is 9.28. The summed E-state index contributed by atoms with van der Waals surface area (Å²) >= 11 is 0. The fraction of sp³-hybridized carbons (Fsp3) is 0.850. The van der Waals surface area contributed by atoms with E-state index in [0.717, 1.165) is 19.3 Å². The zero-order chi connectivity index (χ0) is 18.0. The van der Waals surface area contributed by atoms with Crippen LogP contribution >= 0.6 is 0 Å². The van der Waals surface area contributed by atoms with Gasteiger partial charge in [0, 0.05) is 13.0 Å². The Labute approximate surface area is 145 Å². The fourth-order valence-corrected chi connectivity index (χ4v) is 5.80. The van der Waals surface area contributed by atoms with Gasteiger partial charge in [0.2, 0.25) is 0 Å². The van der Waals surface area contributed by atoms with Crippen LogP contribution in [-0.2, 0) is 4.79 Å². The molecule has 4 nitrogen and oxygen atoms in total. The van der Waals surface area contributed by atoms with Crippen molar-refractivity contribution in [3.63, 3.8) is 0 Å². The lowest BCUT2D eigenvalue weighted by atomic mass is 9.45. The summed E-state index contributed by atoms with van der Waals surface area (Å²) in [4.78, 5) is 12.9. The van der Waals surface area contributed by atoms with Crippen molar-refractivity contribution < 1.29 is 20.1 Å². The number of Topliss-reactive ketones (excluding diaryl/α,β-unsaturated/α-hetero) is 1. The number of hydrogen-bond acceptors (Lipinski definition) is 4. The maximum absolute atomic E-state index is 12.9. The number of aliphatic hydroxyl groups is 3. The molecular formula is C20H32O4. The molecule has 0 amide bonds. The molecule has 2 saturated carbocycles. The van der Waals surface area contributed by atoms with E-state index in [1.807, 2.05) is 0 Å². The summed E-state index contributed by atoms with van der Waals surface area (Å²) in [6.45, 7) is 7.72. The Morgan fingerprint density at radius 2 is 1.92 bits per heavy atom. The van der Waals surface area contributed by atoms with Crippen LogP contribution in [0.1, 0.15) is 66.2 Å². The van der Waals surface area contributed by atoms with Crippen molar-refractivity contribution in [2.75, 3.05) is 6.61 Å². The van der Waals surface area contributed by atoms with Crippen molar-refractivity contribution in [2.45, 2.75) is 77.4 Å². The van der Waals surface area contributed by atoms with Gasteiger partial charge in [0.25, 0.3) is 0 Å². The van der Waals surface area contributed by atoms with Crippen LogP contribution in [0.25, 0.3) is 0 Å². The molecule has 0 spiro atoms. The first-order valence-corrected chi connectivity index (χ1v) is 9.28. The molecule has 0 aromatic rings. The Bertz CT molecular complexity index is 575. The maximum Gasteiger partial charge on any atom is 0.159 e. The second-order valence-electron chi connectivity index (χ2n) is 9.53. The van der Waals surface area contributed by atoms with Crippen LogP contribution in [0, 0.1) is 22.7 Å². The number of aliphatic hydroxyl groups excluding tert-OH is 1. The Morgan fingerprint density at radius 1 is 1.25 bits per heavy atom. The molecule has 0 aromatic carbocycles. The van der Waals surface area contributed by atoms with E-state index >= 15 is 0 Å². The van der Waals surface area contributed by atoms with Crippen LogP contribution in [0.15, 0.2) is 11.6 Å². The third-order valence-corrected chi connectivity index (χ3v) is 7.61. The smallest absolute Gasteiger partial charge is 0.159 e. The zero-order valence-electron chi connectivity index (χ0n) is 15.4. The number of allylic oxidation sites excluding steroid dienone is 1. The summed E-state index contributed by atoms with van der Waals surface area (Å²) in [5, 5.41) is 31.2. The first kappa shape index (κ1) is 18.1. The second-order valence-corrected chi connectivity index (χ2v) is 9.53. The summed E-state index contributed by atoms with van der Waals surface area (Å²) < 4.78 is 0. The van der Waals surface area contributed by atoms with Crippen molar-refractivity contribution in [2.24, 2.45) is 22.7 Å². The van der Waals surface area contributed by atoms with Crippen LogP contribution in [0.3, 0.4) is 0 Å². The summed E-state index contributed by atoms with van der Waals surface area (Å²) in [6, 6.07) is 0. The molecule has 3 rings (SSSR count). The highest BCUT2D eigenvalue weighted by Crippen LogP contribution is 2.62. The Hall–Kier alpha value is -0.710. The largest absolute Gasteiger partial charge is 0.396 e. The summed E-state index contributed by atoms with van der Waals surface area (Å²) in [5.41, 5.74) is -2.11. The van der Waals surface area contributed by atoms with Crippen LogP contribution in [0.2, 0.25) is 0 Å². The van der Waals surface area contributed by atoms with E-state index in [-0.39, 0.29) is 35.1 Å². The molecule has 0 aliphatic heterocycles. The van der Waals surface area contributed by atoms with Gasteiger partial charge in [-0.2, -0.15) is 0 Å². The molecule has 3 N–H and O–H groups in total. The molecule has 5 atom stereocenters. The molecule has 0 unspecified atom stereocenters. The van der Waals surface area contributed by atoms with Gasteiger partial charge in [0.15, 0.2) is 5.78 Å². The normalized spacial score (nSPS) is 46.1. The molecule has 2 fully saturated rings. The van der Waals surface area contributed by atoms with Crippen LogP contribution in [0.5, 0.6) is 0 Å². The monoisotopic (exact) mass is 336 g/mol. The SMILES string of the molecule is CC(C)(O)[C@@]1(O)C=C2C(=O)C[C@@H]3[C@@](C)(CO)CCC[C@@]3(C)[C@@H]2CC1. The third-order valence-electron chi connectivity index (χ3n) is 7.61. The molecule has 24 heavy (non-hydrogen) atoms. The van der Waals surface area contributed by atoms with E-state index in [1.165, 1.54) is 0 Å². The average Bonchev–Trinajstić information content (AvgIpc) is 2.49. The van der Waals surface area contributed by atoms with Crippen molar-refractivity contribution in [3.8, 4) is 0 Å². The molecule has 0 aromatic heterocycles. The van der Waals surface area contributed by atoms with E-state index in [4.69, 9.17) is 0 Å². The summed E-state index contributed by atoms with van der Waals surface area (Å²) in [5.74, 6) is 0.399. The zero-order valence-corrected chi connectivity index (χ0v) is 15.4. The molecule has 0 saturated heterocycles. The molecule has 0 bridgehead atoms. The Morgan fingerprint density at radius 3 is 2.50 bits per heavy atom. The number of fused-ring (bicyclic) bond motifs is 3. The quantitative estimate of drug-likeness (QED) is 0.724. The maximum atomic E-state index is 12.9. The van der Waals surface area contributed by atoms with E-state index in [2.05, 4.69) is 13.8 Å². The lowest BCUT2D eigenvalue weighted by molar-refractivity contribution is -0.144. The highest BCUT2D eigenvalue weighted by molar-refractivity contribution is 5.97. The van der Waals surface area contributed by atoms with E-state index in [9.17, 15) is 20.1 Å². The Kier molecular flexibility index (Phi) is 4.06. The third kappa shape index (κ3) is 2.41. The molecular weight excluding hydrogens is 304 g/mol. The second kappa shape index (κ2) is 5.39. The van der Waals surface area contributed by atoms with Gasteiger partial charge < -0.3 is 15.3 Å². The van der Waals surface area contributed by atoms with Gasteiger partial charge in [0.1, 0.15) is 5.60 Å². The summed E-state index contributed by atoms with van der Waals surface area (Å²) in [7, 11) is 0. The lowest BCUT2D eigenvalue weighted by Gasteiger charge is -2.59. The van der Waals surface area contributed by atoms with Gasteiger partial charge in [-0.05, 0) is 73.8 Å². The highest BCUT2D eigenvalue weighted by Gasteiger charge is 2.59. The average molecular weight is 336 g/mol. The number of rotatable bonds is 2. The van der Waals surface area contributed by atoms with Crippen LogP contribution < -0.4 is 0 Å². The molecule has 0 radical (unpaired) electrons. The number of carbonyl (C=O) groups is 1. The van der Waals surface area contributed by atoms with Gasteiger partial charge in [-0.1, -0.05) is 20.3 Å². The predicted molar refractivity (Wildman–Crippen MR) is 92.3 cm³/mol. The van der Waals surface area contributed by atoms with Crippen LogP contribution in [0.4, 0.5) is 0 Å². The van der Waals surface area contributed by atoms with Gasteiger partial charge in [0.05, 0.1) is 5.60 Å². The van der Waals surface area contributed by atoms with Crippen molar-refractivity contribution in [1.82, 2.24) is 0 Å². The van der Waals surface area contributed by atoms with Gasteiger partial charge in [-0.15, -0.1) is 0 Å². The fourth-order valence-electron chi connectivity index (χ4n) is 5.80. The number of hydrogen-bond donors (Lipinski definition) is 3. The van der Waals surface area contributed by atoms with E-state index in [0.29, 0.717) is 24.8 Å². The molecule has 136 valence electrons. The van der Waals surface area contributed by atoms with Crippen LogP contribution in [-0.4, -0.2) is 38.9 Å². The minimum atomic E-state index is -1.34. The number of carbonyl (C=O) groups excluding carboxylic acids is 1. The minimum Gasteiger partial charge on any atom is -0.396 e. The predicted octanol–water partition coefficient (Wildman–Crippen LogP) is 2.60. The van der Waals surface area contributed by atoms with Gasteiger partial charge >= 0.3 is 0 Å². The van der Waals surface area contributed by atoms with Gasteiger partial charge in [-0.3, -0.25) is 4.79 Å². The number of ketones is 1. The van der Waals surface area contributed by atoms with E-state index in [1.54, 1.807) is 19.9 Å². The van der Waals surface area contributed by atoms with Gasteiger partial charge in [-0.25, -0.2) is 0 Å². The van der Waals surface area contributed by atoms with Crippen molar-refractivity contribution in [3.05, 3.63) is 11.6 Å². The van der Waals surface area contributed by atoms with Crippen molar-refractivity contribution in [1.29, 1.82) is 0 Å². The molecule has 3 aliphatic rings. The van der Waals surface area contributed by atoms with Crippen molar-refractivity contribution >= 4 is 5.78 Å². The Balaban J connectivity index is 2.04. The first-order chi connectivity index (χ1) is 11.0. The minimum absolute atomic E-state index is 0.0175. The topological polar surface area (TPSA) is 77.8 Å². The highest BCUT2D eigenvalue weighted by atomic mass is 16.4. The standard InChI is InChI=1S/C20H32O4/c1-17(2,23)20(24)9-6-14-13(11-20)15(22)10-16-18(3,12-21)7-5-8-19(14,16)4/h11,14,16,21,23-24H,5-10,12H2,1-4H3/t14-,16-,18-,19+,20+/m1/s1. The lowest BCUT2D eigenvalue weighted by Crippen LogP contribution is -2.58. The van der Waals surface area contributed by atoms with E-state index < -0.39 is 11.2 Å². The molecule has 3 aliphatic carbocycles. The molecule has 0 heterocycles.